The Kier molecular flexibility index (Phi) is 5.00. The van der Waals surface area contributed by atoms with E-state index in [0.29, 0.717) is 24.3 Å². The molecule has 3 aliphatic rings. The average Bonchev–Trinajstić information content (AvgIpc) is 2.52. The normalized spacial score (nSPS) is 27.7. The number of nitrogens with zero attached hydrogens (tertiary/aromatic N) is 2. The molecule has 3 rings (SSSR count). The number of likely N-dealkylation sites (tertiary alicyclic amines) is 2. The molecule has 0 atom stereocenters. The van der Waals surface area contributed by atoms with Crippen molar-refractivity contribution in [3.63, 3.8) is 0 Å². The van der Waals surface area contributed by atoms with Crippen LogP contribution in [0, 0.1) is 17.3 Å². The molecular formula is C20H36N2O2. The van der Waals surface area contributed by atoms with Crippen molar-refractivity contribution < 1.29 is 9.90 Å². The van der Waals surface area contributed by atoms with Crippen LogP contribution in [0.3, 0.4) is 0 Å². The fraction of sp³-hybridized carbons (Fsp3) is 0.950. The van der Waals surface area contributed by atoms with E-state index in [0.717, 1.165) is 50.9 Å². The highest BCUT2D eigenvalue weighted by Crippen LogP contribution is 2.55. The smallest absolute Gasteiger partial charge is 0.254 e. The number of rotatable bonds is 3. The maximum Gasteiger partial charge on any atom is 0.254 e. The van der Waals surface area contributed by atoms with Gasteiger partial charge in [-0.2, -0.15) is 0 Å². The van der Waals surface area contributed by atoms with Gasteiger partial charge in [0.1, 0.15) is 5.60 Å². The largest absolute Gasteiger partial charge is 0.380 e. The van der Waals surface area contributed by atoms with Crippen molar-refractivity contribution in [2.75, 3.05) is 26.2 Å². The van der Waals surface area contributed by atoms with Gasteiger partial charge in [0.15, 0.2) is 0 Å². The summed E-state index contributed by atoms with van der Waals surface area (Å²) in [7, 11) is 0. The molecule has 0 unspecified atom stereocenters. The summed E-state index contributed by atoms with van der Waals surface area (Å²) in [6.45, 7) is 12.4. The van der Waals surface area contributed by atoms with Crippen LogP contribution in [0.2, 0.25) is 0 Å². The molecule has 4 nitrogen and oxygen atoms in total. The van der Waals surface area contributed by atoms with E-state index in [1.54, 1.807) is 0 Å². The molecule has 0 aromatic carbocycles. The molecule has 1 aliphatic carbocycles. The quantitative estimate of drug-likeness (QED) is 0.862. The first kappa shape index (κ1) is 18.2. The predicted molar refractivity (Wildman–Crippen MR) is 96.7 cm³/mol. The van der Waals surface area contributed by atoms with Gasteiger partial charge < -0.3 is 14.9 Å². The number of hydrogen-bond acceptors (Lipinski definition) is 3. The van der Waals surface area contributed by atoms with Crippen molar-refractivity contribution in [1.82, 2.24) is 9.80 Å². The van der Waals surface area contributed by atoms with Gasteiger partial charge in [-0.15, -0.1) is 0 Å². The fourth-order valence-electron chi connectivity index (χ4n) is 5.03. The lowest BCUT2D eigenvalue weighted by atomic mass is 9.55. The third-order valence-electron chi connectivity index (χ3n) is 7.20. The van der Waals surface area contributed by atoms with Gasteiger partial charge in [0.25, 0.3) is 5.91 Å². The summed E-state index contributed by atoms with van der Waals surface area (Å²) in [5.74, 6) is 1.68. The Bertz CT molecular complexity index is 450. The Labute approximate surface area is 147 Å². The Hall–Kier alpha value is -0.610. The summed E-state index contributed by atoms with van der Waals surface area (Å²) in [4.78, 5) is 17.2. The third kappa shape index (κ3) is 3.37. The second kappa shape index (κ2) is 6.60. The molecule has 4 heteroatoms. The number of carbonyl (C=O) groups excluding carboxylic acids is 1. The lowest BCUT2D eigenvalue weighted by Gasteiger charge is -2.54. The Morgan fingerprint density at radius 2 is 1.50 bits per heavy atom. The first-order valence-corrected chi connectivity index (χ1v) is 10.0. The Morgan fingerprint density at radius 3 is 1.96 bits per heavy atom. The molecule has 3 fully saturated rings. The van der Waals surface area contributed by atoms with Crippen molar-refractivity contribution in [3.05, 3.63) is 0 Å². The van der Waals surface area contributed by atoms with E-state index in [4.69, 9.17) is 0 Å². The molecule has 1 N–H and O–H groups in total. The van der Waals surface area contributed by atoms with Crippen molar-refractivity contribution >= 4 is 5.91 Å². The third-order valence-corrected chi connectivity index (χ3v) is 7.20. The maximum atomic E-state index is 12.9. The van der Waals surface area contributed by atoms with E-state index in [2.05, 4.69) is 32.6 Å². The molecule has 0 radical (unpaired) electrons. The van der Waals surface area contributed by atoms with Crippen LogP contribution in [0.15, 0.2) is 0 Å². The van der Waals surface area contributed by atoms with Crippen LogP contribution >= 0.6 is 0 Å². The van der Waals surface area contributed by atoms with Crippen LogP contribution in [0.25, 0.3) is 0 Å². The molecule has 1 spiro atoms. The van der Waals surface area contributed by atoms with Gasteiger partial charge in [-0.1, -0.05) is 13.8 Å². The average molecular weight is 337 g/mol. The van der Waals surface area contributed by atoms with E-state index in [1.165, 1.54) is 12.8 Å². The van der Waals surface area contributed by atoms with Crippen molar-refractivity contribution in [3.8, 4) is 0 Å². The van der Waals surface area contributed by atoms with E-state index in [1.807, 2.05) is 4.90 Å². The molecule has 2 aliphatic heterocycles. The van der Waals surface area contributed by atoms with Crippen molar-refractivity contribution in [2.45, 2.75) is 77.9 Å². The number of aliphatic hydroxyl groups is 1. The van der Waals surface area contributed by atoms with E-state index in [9.17, 15) is 9.90 Å². The van der Waals surface area contributed by atoms with E-state index >= 15 is 0 Å². The summed E-state index contributed by atoms with van der Waals surface area (Å²) in [5, 5.41) is 10.9. The highest BCUT2D eigenvalue weighted by atomic mass is 16.3. The van der Waals surface area contributed by atoms with E-state index < -0.39 is 5.60 Å². The molecule has 2 heterocycles. The topological polar surface area (TPSA) is 43.8 Å². The van der Waals surface area contributed by atoms with Crippen LogP contribution in [0.1, 0.15) is 66.2 Å². The molecule has 138 valence electrons. The number of carbonyl (C=O) groups is 1. The number of hydrogen-bond donors (Lipinski definition) is 1. The van der Waals surface area contributed by atoms with Gasteiger partial charge in [-0.05, 0) is 69.6 Å². The van der Waals surface area contributed by atoms with Crippen molar-refractivity contribution in [1.29, 1.82) is 0 Å². The molecule has 2 saturated heterocycles. The van der Waals surface area contributed by atoms with Gasteiger partial charge >= 0.3 is 0 Å². The lowest BCUT2D eigenvalue weighted by Crippen LogP contribution is -2.58. The Balaban J connectivity index is 1.51. The standard InChI is InChI=1S/C20H36N2O2/c1-15(2)17-13-19(14-17)5-9-22(10-6-19)18(23)20(24)7-11-21(12-8-20)16(3)4/h15-17,24H,5-14H2,1-4H3. The molecule has 0 aromatic heterocycles. The van der Waals surface area contributed by atoms with Crippen LogP contribution in [0.5, 0.6) is 0 Å². The van der Waals surface area contributed by atoms with Gasteiger partial charge in [-0.25, -0.2) is 0 Å². The van der Waals surface area contributed by atoms with Gasteiger partial charge in [0.05, 0.1) is 0 Å². The van der Waals surface area contributed by atoms with Gasteiger partial charge in [0, 0.05) is 32.2 Å². The zero-order valence-electron chi connectivity index (χ0n) is 16.1. The summed E-state index contributed by atoms with van der Waals surface area (Å²) < 4.78 is 0. The summed E-state index contributed by atoms with van der Waals surface area (Å²) in [6.07, 6.45) is 6.13. The summed E-state index contributed by atoms with van der Waals surface area (Å²) >= 11 is 0. The van der Waals surface area contributed by atoms with Crippen LogP contribution in [-0.2, 0) is 4.79 Å². The highest BCUT2D eigenvalue weighted by Gasteiger charge is 2.49. The first-order valence-electron chi connectivity index (χ1n) is 10.0. The number of piperidine rings is 2. The van der Waals surface area contributed by atoms with Crippen LogP contribution in [0.4, 0.5) is 0 Å². The Morgan fingerprint density at radius 1 is 0.958 bits per heavy atom. The first-order chi connectivity index (χ1) is 11.2. The fourth-order valence-corrected chi connectivity index (χ4v) is 5.03. The summed E-state index contributed by atoms with van der Waals surface area (Å²) in [5.41, 5.74) is -0.606. The number of amides is 1. The van der Waals surface area contributed by atoms with Gasteiger partial charge in [-0.3, -0.25) is 4.79 Å². The minimum atomic E-state index is -1.12. The van der Waals surface area contributed by atoms with Crippen LogP contribution in [-0.4, -0.2) is 58.6 Å². The van der Waals surface area contributed by atoms with Crippen LogP contribution < -0.4 is 0 Å². The second-order valence-electron chi connectivity index (χ2n) is 9.37. The summed E-state index contributed by atoms with van der Waals surface area (Å²) in [6, 6.07) is 0.493. The van der Waals surface area contributed by atoms with Gasteiger partial charge in [0.2, 0.25) is 0 Å². The maximum absolute atomic E-state index is 12.9. The SMILES string of the molecule is CC(C)C1CC2(CCN(C(=O)C3(O)CCN(C(C)C)CC3)CC2)C1. The lowest BCUT2D eigenvalue weighted by molar-refractivity contribution is -0.161. The van der Waals surface area contributed by atoms with Crippen molar-refractivity contribution in [2.24, 2.45) is 17.3 Å². The second-order valence-corrected chi connectivity index (χ2v) is 9.37. The molecule has 0 bridgehead atoms. The molecule has 1 saturated carbocycles. The predicted octanol–water partition coefficient (Wildman–Crippen LogP) is 2.90. The minimum absolute atomic E-state index is 0.000453. The minimum Gasteiger partial charge on any atom is -0.380 e. The zero-order valence-corrected chi connectivity index (χ0v) is 16.1. The monoisotopic (exact) mass is 336 g/mol. The molecule has 1 amide bonds. The van der Waals surface area contributed by atoms with E-state index in [-0.39, 0.29) is 5.91 Å². The zero-order chi connectivity index (χ0) is 17.5. The highest BCUT2D eigenvalue weighted by molar-refractivity contribution is 5.85. The molecular weight excluding hydrogens is 300 g/mol. The molecule has 0 aromatic rings. The molecule has 24 heavy (non-hydrogen) atoms.